The smallest absolute Gasteiger partial charge is 0.273 e. The number of carbonyl (C=O) groups is 1. The monoisotopic (exact) mass is 235 g/mol. The first kappa shape index (κ1) is 11.1. The summed E-state index contributed by atoms with van der Waals surface area (Å²) >= 11 is 0. The maximum absolute atomic E-state index is 13.3. The minimum atomic E-state index is -0.562. The SMILES string of the molecule is Cn1[nH]c(C(=O)Nc2ccccc2F)cc1=O. The zero-order valence-electron chi connectivity index (χ0n) is 9.03. The number of aromatic amines is 1. The highest BCUT2D eigenvalue weighted by molar-refractivity contribution is 6.02. The number of aryl methyl sites for hydroxylation is 1. The molecule has 1 aromatic carbocycles. The summed E-state index contributed by atoms with van der Waals surface area (Å²) in [5.74, 6) is -1.09. The van der Waals surface area contributed by atoms with E-state index in [1.807, 2.05) is 0 Å². The summed E-state index contributed by atoms with van der Waals surface area (Å²) in [6, 6.07) is 6.95. The van der Waals surface area contributed by atoms with E-state index in [9.17, 15) is 14.0 Å². The van der Waals surface area contributed by atoms with Gasteiger partial charge >= 0.3 is 0 Å². The maximum atomic E-state index is 13.3. The fourth-order valence-corrected chi connectivity index (χ4v) is 1.36. The molecule has 1 heterocycles. The molecule has 2 aromatic rings. The fourth-order valence-electron chi connectivity index (χ4n) is 1.36. The number of amides is 1. The van der Waals surface area contributed by atoms with E-state index < -0.39 is 11.7 Å². The van der Waals surface area contributed by atoms with E-state index in [-0.39, 0.29) is 16.9 Å². The molecule has 2 rings (SSSR count). The molecule has 0 aliphatic carbocycles. The van der Waals surface area contributed by atoms with E-state index >= 15 is 0 Å². The van der Waals surface area contributed by atoms with Gasteiger partial charge in [0.2, 0.25) is 0 Å². The van der Waals surface area contributed by atoms with Crippen LogP contribution in [0.4, 0.5) is 10.1 Å². The molecule has 0 aliphatic rings. The fraction of sp³-hybridized carbons (Fsp3) is 0.0909. The van der Waals surface area contributed by atoms with Gasteiger partial charge in [0, 0.05) is 13.1 Å². The van der Waals surface area contributed by atoms with Gasteiger partial charge < -0.3 is 5.32 Å². The van der Waals surface area contributed by atoms with E-state index in [0.717, 1.165) is 10.7 Å². The van der Waals surface area contributed by atoms with Crippen molar-refractivity contribution in [1.29, 1.82) is 0 Å². The Morgan fingerprint density at radius 3 is 2.71 bits per heavy atom. The van der Waals surface area contributed by atoms with Gasteiger partial charge in [0.05, 0.1) is 5.69 Å². The number of para-hydroxylation sites is 1. The molecule has 0 atom stereocenters. The zero-order valence-corrected chi connectivity index (χ0v) is 9.03. The summed E-state index contributed by atoms with van der Waals surface area (Å²) in [6.45, 7) is 0. The van der Waals surface area contributed by atoms with Crippen molar-refractivity contribution < 1.29 is 9.18 Å². The van der Waals surface area contributed by atoms with Crippen molar-refractivity contribution in [3.8, 4) is 0 Å². The van der Waals surface area contributed by atoms with Gasteiger partial charge in [0.25, 0.3) is 11.5 Å². The van der Waals surface area contributed by atoms with Crippen molar-refractivity contribution in [3.63, 3.8) is 0 Å². The van der Waals surface area contributed by atoms with Gasteiger partial charge in [-0.25, -0.2) is 4.39 Å². The molecule has 0 aliphatic heterocycles. The van der Waals surface area contributed by atoms with Gasteiger partial charge in [0.1, 0.15) is 11.5 Å². The van der Waals surface area contributed by atoms with Crippen molar-refractivity contribution in [2.75, 3.05) is 5.32 Å². The van der Waals surface area contributed by atoms with Crippen molar-refractivity contribution in [2.45, 2.75) is 0 Å². The molecule has 0 spiro atoms. The Hall–Kier alpha value is -2.37. The number of hydrogen-bond donors (Lipinski definition) is 2. The zero-order chi connectivity index (χ0) is 12.4. The molecule has 1 aromatic heterocycles. The van der Waals surface area contributed by atoms with Crippen molar-refractivity contribution >= 4 is 11.6 Å². The lowest BCUT2D eigenvalue weighted by Gasteiger charge is -2.04. The molecule has 88 valence electrons. The molecule has 6 heteroatoms. The molecule has 1 amide bonds. The molecule has 0 saturated heterocycles. The first-order valence-electron chi connectivity index (χ1n) is 4.90. The van der Waals surface area contributed by atoms with Crippen LogP contribution in [0.2, 0.25) is 0 Å². The van der Waals surface area contributed by atoms with Gasteiger partial charge in [-0.15, -0.1) is 0 Å². The van der Waals surface area contributed by atoms with Crippen LogP contribution in [0.3, 0.4) is 0 Å². The van der Waals surface area contributed by atoms with Crippen LogP contribution in [-0.2, 0) is 7.05 Å². The highest BCUT2D eigenvalue weighted by atomic mass is 19.1. The summed E-state index contributed by atoms with van der Waals surface area (Å²) in [6.07, 6.45) is 0. The second kappa shape index (κ2) is 4.25. The molecule has 0 unspecified atom stereocenters. The van der Waals surface area contributed by atoms with Crippen LogP contribution < -0.4 is 10.9 Å². The second-order valence-corrected chi connectivity index (χ2v) is 3.50. The first-order valence-corrected chi connectivity index (χ1v) is 4.90. The number of carbonyl (C=O) groups excluding carboxylic acids is 1. The number of anilines is 1. The number of rotatable bonds is 2. The lowest BCUT2D eigenvalue weighted by atomic mass is 10.3. The molecule has 17 heavy (non-hydrogen) atoms. The normalized spacial score (nSPS) is 10.2. The number of nitrogens with zero attached hydrogens (tertiary/aromatic N) is 1. The van der Waals surface area contributed by atoms with Gasteiger partial charge in [-0.05, 0) is 12.1 Å². The topological polar surface area (TPSA) is 66.9 Å². The second-order valence-electron chi connectivity index (χ2n) is 3.50. The number of H-pyrrole nitrogens is 1. The predicted molar refractivity (Wildman–Crippen MR) is 60.4 cm³/mol. The first-order chi connectivity index (χ1) is 8.08. The maximum Gasteiger partial charge on any atom is 0.273 e. The summed E-state index contributed by atoms with van der Waals surface area (Å²) in [5.41, 5.74) is -0.174. The molecular formula is C11H10FN3O2. The third kappa shape index (κ3) is 2.25. The van der Waals surface area contributed by atoms with Gasteiger partial charge in [-0.2, -0.15) is 0 Å². The Morgan fingerprint density at radius 1 is 1.41 bits per heavy atom. The lowest BCUT2D eigenvalue weighted by Crippen LogP contribution is -2.14. The lowest BCUT2D eigenvalue weighted by molar-refractivity contribution is 0.102. The summed E-state index contributed by atoms with van der Waals surface area (Å²) in [7, 11) is 1.49. The van der Waals surface area contributed by atoms with Crippen LogP contribution in [0.15, 0.2) is 35.1 Å². The standard InChI is InChI=1S/C11H10FN3O2/c1-15-10(16)6-9(14-15)11(17)13-8-5-3-2-4-7(8)12/h2-6,14H,1H3,(H,13,17). The highest BCUT2D eigenvalue weighted by Gasteiger charge is 2.11. The number of nitrogens with one attached hydrogen (secondary N) is 2. The molecular weight excluding hydrogens is 225 g/mol. The van der Waals surface area contributed by atoms with Crippen LogP contribution in [0.5, 0.6) is 0 Å². The molecule has 0 saturated carbocycles. The average Bonchev–Trinajstić information content (AvgIpc) is 2.63. The Morgan fingerprint density at radius 2 is 2.12 bits per heavy atom. The Labute approximate surface area is 95.9 Å². The van der Waals surface area contributed by atoms with E-state index in [0.29, 0.717) is 0 Å². The van der Waals surface area contributed by atoms with Gasteiger partial charge in [-0.3, -0.25) is 19.4 Å². The minimum Gasteiger partial charge on any atom is -0.318 e. The number of aromatic nitrogens is 2. The Balaban J connectivity index is 2.23. The number of hydrogen-bond acceptors (Lipinski definition) is 2. The summed E-state index contributed by atoms with van der Waals surface area (Å²) in [5, 5.41) is 4.92. The van der Waals surface area contributed by atoms with Crippen LogP contribution in [-0.4, -0.2) is 15.7 Å². The van der Waals surface area contributed by atoms with Crippen LogP contribution in [0, 0.1) is 5.82 Å². The molecule has 0 fully saturated rings. The molecule has 5 nitrogen and oxygen atoms in total. The third-order valence-corrected chi connectivity index (χ3v) is 2.25. The van der Waals surface area contributed by atoms with Crippen LogP contribution in [0.25, 0.3) is 0 Å². The van der Waals surface area contributed by atoms with E-state index in [1.54, 1.807) is 6.07 Å². The predicted octanol–water partition coefficient (Wildman–Crippen LogP) is 1.10. The quantitative estimate of drug-likeness (QED) is 0.818. The summed E-state index contributed by atoms with van der Waals surface area (Å²) < 4.78 is 14.4. The average molecular weight is 235 g/mol. The van der Waals surface area contributed by atoms with Crippen molar-refractivity contribution in [2.24, 2.45) is 7.05 Å². The Bertz CT molecular complexity index is 615. The molecule has 2 N–H and O–H groups in total. The third-order valence-electron chi connectivity index (χ3n) is 2.25. The van der Waals surface area contributed by atoms with E-state index in [1.165, 1.54) is 25.2 Å². The minimum absolute atomic E-state index is 0.0715. The largest absolute Gasteiger partial charge is 0.318 e. The number of halogens is 1. The molecule has 0 radical (unpaired) electrons. The molecule has 0 bridgehead atoms. The van der Waals surface area contributed by atoms with E-state index in [4.69, 9.17) is 0 Å². The highest BCUT2D eigenvalue weighted by Crippen LogP contribution is 2.12. The van der Waals surface area contributed by atoms with Crippen LogP contribution >= 0.6 is 0 Å². The summed E-state index contributed by atoms with van der Waals surface area (Å²) in [4.78, 5) is 22.8. The van der Waals surface area contributed by atoms with Gasteiger partial charge in [0.15, 0.2) is 0 Å². The van der Waals surface area contributed by atoms with Crippen LogP contribution in [0.1, 0.15) is 10.5 Å². The number of benzene rings is 1. The van der Waals surface area contributed by atoms with Crippen molar-refractivity contribution in [3.05, 3.63) is 52.2 Å². The van der Waals surface area contributed by atoms with Crippen molar-refractivity contribution in [1.82, 2.24) is 9.78 Å². The van der Waals surface area contributed by atoms with Gasteiger partial charge in [-0.1, -0.05) is 12.1 Å². The van der Waals surface area contributed by atoms with E-state index in [2.05, 4.69) is 10.4 Å². The Kier molecular flexibility index (Phi) is 2.78.